The second kappa shape index (κ2) is 7.87. The molecule has 0 aliphatic heterocycles. The van der Waals surface area contributed by atoms with E-state index < -0.39 is 0 Å². The minimum Gasteiger partial charge on any atom is -0.332 e. The van der Waals surface area contributed by atoms with E-state index in [0.717, 1.165) is 11.3 Å². The molecule has 0 aliphatic carbocycles. The Balaban J connectivity index is 1.61. The second-order valence-corrected chi connectivity index (χ2v) is 6.82. The highest BCUT2D eigenvalue weighted by atomic mass is 35.5. The number of nitrogens with zero attached hydrogens (tertiary/aromatic N) is 2. The lowest BCUT2D eigenvalue weighted by atomic mass is 10.2. The molecule has 3 rings (SSSR count). The van der Waals surface area contributed by atoms with E-state index in [0.29, 0.717) is 27.5 Å². The molecule has 0 spiro atoms. The molecule has 128 valence electrons. The molecular formula is C18H16Cl2N4S. The van der Waals surface area contributed by atoms with Crippen molar-refractivity contribution < 1.29 is 0 Å². The van der Waals surface area contributed by atoms with Crippen LogP contribution in [-0.2, 0) is 6.54 Å². The molecule has 7 heteroatoms. The van der Waals surface area contributed by atoms with E-state index in [9.17, 15) is 0 Å². The third-order valence-corrected chi connectivity index (χ3v) is 4.43. The fourth-order valence-electron chi connectivity index (χ4n) is 2.34. The molecule has 0 atom stereocenters. The molecule has 0 saturated heterocycles. The molecule has 0 fully saturated rings. The lowest BCUT2D eigenvalue weighted by Crippen LogP contribution is -2.19. The highest BCUT2D eigenvalue weighted by molar-refractivity contribution is 7.80. The summed E-state index contributed by atoms with van der Waals surface area (Å²) in [4.78, 5) is 0. The highest BCUT2D eigenvalue weighted by Gasteiger charge is 2.05. The molecule has 25 heavy (non-hydrogen) atoms. The summed E-state index contributed by atoms with van der Waals surface area (Å²) in [5.41, 5.74) is 3.12. The van der Waals surface area contributed by atoms with Gasteiger partial charge in [-0.05, 0) is 54.5 Å². The molecule has 0 aliphatic rings. The maximum Gasteiger partial charge on any atom is 0.176 e. The zero-order chi connectivity index (χ0) is 17.8. The van der Waals surface area contributed by atoms with Crippen LogP contribution in [0.5, 0.6) is 0 Å². The Morgan fingerprint density at radius 1 is 1.08 bits per heavy atom. The molecule has 1 aromatic heterocycles. The quantitative estimate of drug-likeness (QED) is 0.588. The van der Waals surface area contributed by atoms with Gasteiger partial charge in [0.1, 0.15) is 0 Å². The van der Waals surface area contributed by atoms with Gasteiger partial charge in [0.2, 0.25) is 0 Å². The van der Waals surface area contributed by atoms with Crippen LogP contribution in [0.4, 0.5) is 11.5 Å². The number of nitrogens with one attached hydrogen (secondary N) is 2. The Labute approximate surface area is 161 Å². The Kier molecular flexibility index (Phi) is 5.58. The average molecular weight is 391 g/mol. The normalized spacial score (nSPS) is 10.5. The van der Waals surface area contributed by atoms with Gasteiger partial charge < -0.3 is 10.6 Å². The van der Waals surface area contributed by atoms with E-state index in [-0.39, 0.29) is 0 Å². The molecule has 0 unspecified atom stereocenters. The molecule has 0 saturated carbocycles. The van der Waals surface area contributed by atoms with Gasteiger partial charge in [-0.2, -0.15) is 5.10 Å². The Hall–Kier alpha value is -2.08. The number of aryl methyl sites for hydroxylation is 1. The standard InChI is InChI=1S/C18H16Cl2N4S/c1-12-3-2-4-14(9-12)21-18(25)22-17-7-8-24(23-17)11-13-5-6-15(19)16(20)10-13/h2-10H,11H2,1H3,(H2,21,22,23,25). The van der Waals surface area contributed by atoms with Crippen LogP contribution in [0, 0.1) is 6.92 Å². The topological polar surface area (TPSA) is 41.9 Å². The smallest absolute Gasteiger partial charge is 0.176 e. The molecule has 2 aromatic carbocycles. The van der Waals surface area contributed by atoms with Gasteiger partial charge >= 0.3 is 0 Å². The van der Waals surface area contributed by atoms with E-state index in [2.05, 4.69) is 15.7 Å². The summed E-state index contributed by atoms with van der Waals surface area (Å²) in [6.07, 6.45) is 1.88. The van der Waals surface area contributed by atoms with Gasteiger partial charge in [0, 0.05) is 18.0 Å². The minimum absolute atomic E-state index is 0.491. The molecule has 3 aromatic rings. The number of hydrogen-bond acceptors (Lipinski definition) is 2. The van der Waals surface area contributed by atoms with Gasteiger partial charge in [0.25, 0.3) is 0 Å². The predicted molar refractivity (Wildman–Crippen MR) is 109 cm³/mol. The lowest BCUT2D eigenvalue weighted by Gasteiger charge is -2.09. The van der Waals surface area contributed by atoms with Crippen molar-refractivity contribution in [3.05, 3.63) is 75.9 Å². The molecule has 0 radical (unpaired) electrons. The molecular weight excluding hydrogens is 375 g/mol. The van der Waals surface area contributed by atoms with Crippen molar-refractivity contribution in [1.29, 1.82) is 0 Å². The number of hydrogen-bond donors (Lipinski definition) is 2. The van der Waals surface area contributed by atoms with Crippen molar-refractivity contribution in [2.75, 3.05) is 10.6 Å². The first-order chi connectivity index (χ1) is 12.0. The first-order valence-electron chi connectivity index (χ1n) is 7.62. The lowest BCUT2D eigenvalue weighted by molar-refractivity contribution is 0.690. The van der Waals surface area contributed by atoms with E-state index >= 15 is 0 Å². The SMILES string of the molecule is Cc1cccc(NC(=S)Nc2ccn(Cc3ccc(Cl)c(Cl)c3)n2)c1. The van der Waals surface area contributed by atoms with Gasteiger partial charge in [0.05, 0.1) is 16.6 Å². The first-order valence-corrected chi connectivity index (χ1v) is 8.78. The largest absolute Gasteiger partial charge is 0.332 e. The summed E-state index contributed by atoms with van der Waals surface area (Å²) in [5.74, 6) is 0.671. The Morgan fingerprint density at radius 3 is 2.68 bits per heavy atom. The monoisotopic (exact) mass is 390 g/mol. The molecule has 4 nitrogen and oxygen atoms in total. The maximum atomic E-state index is 6.04. The van der Waals surface area contributed by atoms with E-state index in [4.69, 9.17) is 35.4 Å². The van der Waals surface area contributed by atoms with Crippen LogP contribution in [0.2, 0.25) is 10.0 Å². The number of thiocarbonyl (C=S) groups is 1. The van der Waals surface area contributed by atoms with Gasteiger partial charge in [-0.15, -0.1) is 0 Å². The van der Waals surface area contributed by atoms with Crippen LogP contribution < -0.4 is 10.6 Å². The van der Waals surface area contributed by atoms with Crippen molar-refractivity contribution in [3.63, 3.8) is 0 Å². The van der Waals surface area contributed by atoms with E-state index in [1.54, 1.807) is 10.7 Å². The summed E-state index contributed by atoms with van der Waals surface area (Å²) >= 11 is 17.3. The first kappa shape index (κ1) is 17.7. The molecule has 0 bridgehead atoms. The van der Waals surface area contributed by atoms with Crippen LogP contribution in [0.3, 0.4) is 0 Å². The predicted octanol–water partition coefficient (Wildman–Crippen LogP) is 5.36. The third kappa shape index (κ3) is 4.95. The van der Waals surface area contributed by atoms with Gasteiger partial charge in [-0.3, -0.25) is 4.68 Å². The van der Waals surface area contributed by atoms with Crippen LogP contribution in [0.15, 0.2) is 54.7 Å². The average Bonchev–Trinajstić information content (AvgIpc) is 2.98. The minimum atomic E-state index is 0.491. The van der Waals surface area contributed by atoms with Crippen LogP contribution in [0.25, 0.3) is 0 Å². The summed E-state index contributed by atoms with van der Waals surface area (Å²) in [5, 5.41) is 12.2. The van der Waals surface area contributed by atoms with Crippen molar-refractivity contribution >= 4 is 52.0 Å². The van der Waals surface area contributed by atoms with E-state index in [1.165, 1.54) is 5.56 Å². The highest BCUT2D eigenvalue weighted by Crippen LogP contribution is 2.23. The van der Waals surface area contributed by atoms with Gasteiger partial charge in [-0.25, -0.2) is 0 Å². The van der Waals surface area contributed by atoms with Gasteiger partial charge in [0.15, 0.2) is 10.9 Å². The fraction of sp³-hybridized carbons (Fsp3) is 0.111. The molecule has 1 heterocycles. The number of anilines is 2. The van der Waals surface area contributed by atoms with Crippen molar-refractivity contribution in [2.45, 2.75) is 13.5 Å². The fourth-order valence-corrected chi connectivity index (χ4v) is 2.89. The van der Waals surface area contributed by atoms with Crippen molar-refractivity contribution in [2.24, 2.45) is 0 Å². The van der Waals surface area contributed by atoms with Crippen LogP contribution >= 0.6 is 35.4 Å². The maximum absolute atomic E-state index is 6.04. The van der Waals surface area contributed by atoms with Crippen LogP contribution in [-0.4, -0.2) is 14.9 Å². The number of benzene rings is 2. The molecule has 0 amide bonds. The molecule has 2 N–H and O–H groups in total. The van der Waals surface area contributed by atoms with Crippen molar-refractivity contribution in [1.82, 2.24) is 9.78 Å². The third-order valence-electron chi connectivity index (χ3n) is 3.49. The zero-order valence-electron chi connectivity index (χ0n) is 13.5. The Bertz CT molecular complexity index is 908. The van der Waals surface area contributed by atoms with Crippen molar-refractivity contribution in [3.8, 4) is 0 Å². The zero-order valence-corrected chi connectivity index (χ0v) is 15.8. The van der Waals surface area contributed by atoms with Crippen LogP contribution in [0.1, 0.15) is 11.1 Å². The Morgan fingerprint density at radius 2 is 1.92 bits per heavy atom. The second-order valence-electron chi connectivity index (χ2n) is 5.60. The number of halogens is 2. The van der Waals surface area contributed by atoms with Gasteiger partial charge in [-0.1, -0.05) is 41.4 Å². The number of aromatic nitrogens is 2. The summed E-state index contributed by atoms with van der Waals surface area (Å²) in [6.45, 7) is 2.63. The summed E-state index contributed by atoms with van der Waals surface area (Å²) < 4.78 is 1.80. The number of rotatable bonds is 4. The summed E-state index contributed by atoms with van der Waals surface area (Å²) in [6, 6.07) is 15.4. The summed E-state index contributed by atoms with van der Waals surface area (Å²) in [7, 11) is 0. The van der Waals surface area contributed by atoms with E-state index in [1.807, 2.05) is 55.6 Å².